The van der Waals surface area contributed by atoms with Crippen LogP contribution in [-0.4, -0.2) is 38.4 Å². The summed E-state index contributed by atoms with van der Waals surface area (Å²) >= 11 is 0. The van der Waals surface area contributed by atoms with Crippen molar-refractivity contribution in [2.45, 2.75) is 65.6 Å². The highest BCUT2D eigenvalue weighted by Gasteiger charge is 2.24. The van der Waals surface area contributed by atoms with Gasteiger partial charge in [-0.15, -0.1) is 0 Å². The molecule has 2 atom stereocenters. The quantitative estimate of drug-likeness (QED) is 0.781. The van der Waals surface area contributed by atoms with Gasteiger partial charge in [0, 0.05) is 0 Å². The van der Waals surface area contributed by atoms with Crippen LogP contribution in [0.25, 0.3) is 0 Å². The summed E-state index contributed by atoms with van der Waals surface area (Å²) in [5.74, 6) is 1.57. The Balaban J connectivity index is 1.69. The second-order valence-electron chi connectivity index (χ2n) is 7.46. The van der Waals surface area contributed by atoms with Crippen LogP contribution in [0.4, 0.5) is 0 Å². The van der Waals surface area contributed by atoms with E-state index in [1.54, 1.807) is 4.90 Å². The van der Waals surface area contributed by atoms with Gasteiger partial charge in [0.05, 0.1) is 13.2 Å². The maximum Gasteiger partial charge on any atom is 0.119 e. The first-order chi connectivity index (χ1) is 10.9. The highest BCUT2D eigenvalue weighted by Crippen LogP contribution is 2.22. The zero-order valence-electron chi connectivity index (χ0n) is 15.5. The number of aryl methyl sites for hydroxylation is 1. The third kappa shape index (κ3) is 6.15. The summed E-state index contributed by atoms with van der Waals surface area (Å²) in [7, 11) is 0. The van der Waals surface area contributed by atoms with E-state index in [4.69, 9.17) is 9.47 Å². The molecule has 2 rings (SSSR count). The average molecular weight is 320 g/mol. The minimum atomic E-state index is 0.395. The Kier molecular flexibility index (Phi) is 6.91. The summed E-state index contributed by atoms with van der Waals surface area (Å²) in [6.07, 6.45) is 3.13. The minimum absolute atomic E-state index is 0.395. The molecule has 23 heavy (non-hydrogen) atoms. The fourth-order valence-electron chi connectivity index (χ4n) is 3.45. The van der Waals surface area contributed by atoms with Gasteiger partial charge in [-0.3, -0.25) is 0 Å². The summed E-state index contributed by atoms with van der Waals surface area (Å²) in [6.45, 7) is 15.3. The van der Waals surface area contributed by atoms with Crippen molar-refractivity contribution in [3.8, 4) is 5.75 Å². The van der Waals surface area contributed by atoms with E-state index < -0.39 is 0 Å². The Hall–Kier alpha value is -1.06. The molecule has 1 fully saturated rings. The van der Waals surface area contributed by atoms with Gasteiger partial charge in [0.1, 0.15) is 31.0 Å². The third-order valence-corrected chi connectivity index (χ3v) is 4.55. The van der Waals surface area contributed by atoms with Crippen LogP contribution in [0, 0.1) is 6.92 Å². The molecule has 0 bridgehead atoms. The molecule has 1 aromatic carbocycles. The first-order valence-electron chi connectivity index (χ1n) is 9.17. The van der Waals surface area contributed by atoms with E-state index in [0.717, 1.165) is 31.9 Å². The van der Waals surface area contributed by atoms with Crippen LogP contribution in [0.2, 0.25) is 0 Å². The molecular weight excluding hydrogens is 286 g/mol. The lowest BCUT2D eigenvalue weighted by Crippen LogP contribution is -3.15. The van der Waals surface area contributed by atoms with Crippen molar-refractivity contribution < 1.29 is 14.4 Å². The highest BCUT2D eigenvalue weighted by atomic mass is 16.5. The van der Waals surface area contributed by atoms with Gasteiger partial charge in [0.25, 0.3) is 0 Å². The molecule has 1 heterocycles. The predicted molar refractivity (Wildman–Crippen MR) is 95.6 cm³/mol. The van der Waals surface area contributed by atoms with E-state index in [1.165, 1.54) is 24.1 Å². The summed E-state index contributed by atoms with van der Waals surface area (Å²) in [4.78, 5) is 1.67. The Labute approximate surface area is 142 Å². The average Bonchev–Trinajstić information content (AvgIpc) is 2.45. The van der Waals surface area contributed by atoms with E-state index in [0.29, 0.717) is 18.1 Å². The molecule has 0 radical (unpaired) electrons. The molecule has 0 unspecified atom stereocenters. The van der Waals surface area contributed by atoms with Crippen molar-refractivity contribution in [1.29, 1.82) is 0 Å². The van der Waals surface area contributed by atoms with E-state index in [-0.39, 0.29) is 0 Å². The number of unbranched alkanes of at least 4 members (excludes halogenated alkanes) is 1. The van der Waals surface area contributed by atoms with Crippen LogP contribution < -0.4 is 9.64 Å². The zero-order valence-corrected chi connectivity index (χ0v) is 15.5. The molecule has 1 aromatic rings. The van der Waals surface area contributed by atoms with Gasteiger partial charge >= 0.3 is 0 Å². The molecule has 0 saturated carbocycles. The smallest absolute Gasteiger partial charge is 0.119 e. The van der Waals surface area contributed by atoms with E-state index in [1.807, 2.05) is 0 Å². The van der Waals surface area contributed by atoms with Crippen LogP contribution in [0.1, 0.15) is 57.6 Å². The molecule has 0 spiro atoms. The largest absolute Gasteiger partial charge is 0.494 e. The fourth-order valence-corrected chi connectivity index (χ4v) is 3.45. The van der Waals surface area contributed by atoms with Crippen molar-refractivity contribution >= 4 is 0 Å². The van der Waals surface area contributed by atoms with Crippen LogP contribution in [0.3, 0.4) is 0 Å². The van der Waals surface area contributed by atoms with Crippen molar-refractivity contribution in [2.24, 2.45) is 0 Å². The zero-order chi connectivity index (χ0) is 16.8. The van der Waals surface area contributed by atoms with Crippen LogP contribution in [0.15, 0.2) is 18.2 Å². The summed E-state index contributed by atoms with van der Waals surface area (Å²) in [5.41, 5.74) is 2.65. The van der Waals surface area contributed by atoms with Gasteiger partial charge in [-0.1, -0.05) is 19.9 Å². The number of quaternary nitrogens is 1. The van der Waals surface area contributed by atoms with Crippen LogP contribution in [0.5, 0.6) is 5.75 Å². The van der Waals surface area contributed by atoms with Gasteiger partial charge in [-0.25, -0.2) is 0 Å². The standard InChI is InChI=1S/C20H33NO2/c1-15(2)19-10-16(3)11-20(12-19)22-9-7-6-8-21-13-17(4)23-18(5)14-21/h10-12,15,17-18H,6-9,13-14H2,1-5H3/p+1/t17-,18-/m0/s1. The van der Waals surface area contributed by atoms with Crippen LogP contribution in [-0.2, 0) is 4.74 Å². The number of rotatable bonds is 7. The lowest BCUT2D eigenvalue weighted by molar-refractivity contribution is -0.915. The topological polar surface area (TPSA) is 22.9 Å². The number of hydrogen-bond donors (Lipinski definition) is 1. The maximum atomic E-state index is 5.98. The number of nitrogens with one attached hydrogen (secondary N) is 1. The van der Waals surface area contributed by atoms with Crippen molar-refractivity contribution in [2.75, 3.05) is 26.2 Å². The normalized spacial score (nSPS) is 24.9. The van der Waals surface area contributed by atoms with E-state index in [2.05, 4.69) is 52.8 Å². The molecule has 0 aromatic heterocycles. The molecule has 130 valence electrons. The Morgan fingerprint density at radius 1 is 1.13 bits per heavy atom. The molecule has 1 aliphatic rings. The first-order valence-corrected chi connectivity index (χ1v) is 9.17. The number of benzene rings is 1. The first kappa shape index (κ1) is 18.3. The second-order valence-corrected chi connectivity index (χ2v) is 7.46. The monoisotopic (exact) mass is 320 g/mol. The second kappa shape index (κ2) is 8.70. The van der Waals surface area contributed by atoms with Gasteiger partial charge in [-0.2, -0.15) is 0 Å². The highest BCUT2D eigenvalue weighted by molar-refractivity contribution is 5.35. The van der Waals surface area contributed by atoms with Crippen molar-refractivity contribution in [3.05, 3.63) is 29.3 Å². The molecule has 1 saturated heterocycles. The SMILES string of the molecule is Cc1cc(OCCCC[NH+]2C[C@H](C)O[C@@H](C)C2)cc(C(C)C)c1. The minimum Gasteiger partial charge on any atom is -0.494 e. The molecule has 1 N–H and O–H groups in total. The number of ether oxygens (including phenoxy) is 2. The summed E-state index contributed by atoms with van der Waals surface area (Å²) in [6, 6.07) is 6.58. The lowest BCUT2D eigenvalue weighted by atomic mass is 10.0. The summed E-state index contributed by atoms with van der Waals surface area (Å²) < 4.78 is 11.8. The van der Waals surface area contributed by atoms with Gasteiger partial charge in [-0.05, 0) is 62.8 Å². The van der Waals surface area contributed by atoms with Crippen LogP contribution >= 0.6 is 0 Å². The van der Waals surface area contributed by atoms with E-state index >= 15 is 0 Å². The Morgan fingerprint density at radius 2 is 1.83 bits per heavy atom. The molecule has 3 nitrogen and oxygen atoms in total. The maximum absolute atomic E-state index is 5.98. The molecular formula is C20H34NO2+. The third-order valence-electron chi connectivity index (χ3n) is 4.55. The van der Waals surface area contributed by atoms with E-state index in [9.17, 15) is 0 Å². The predicted octanol–water partition coefficient (Wildman–Crippen LogP) is 2.97. The van der Waals surface area contributed by atoms with Crippen molar-refractivity contribution in [3.63, 3.8) is 0 Å². The Bertz CT molecular complexity index is 477. The van der Waals surface area contributed by atoms with Gasteiger partial charge in [0.15, 0.2) is 0 Å². The fraction of sp³-hybridized carbons (Fsp3) is 0.700. The molecule has 1 aliphatic heterocycles. The number of morpholine rings is 1. The molecule has 0 aliphatic carbocycles. The summed E-state index contributed by atoms with van der Waals surface area (Å²) in [5, 5.41) is 0. The number of hydrogen-bond acceptors (Lipinski definition) is 2. The molecule has 0 amide bonds. The van der Waals surface area contributed by atoms with Crippen molar-refractivity contribution in [1.82, 2.24) is 0 Å². The molecule has 3 heteroatoms. The Morgan fingerprint density at radius 3 is 2.48 bits per heavy atom. The lowest BCUT2D eigenvalue weighted by Gasteiger charge is -2.32. The van der Waals surface area contributed by atoms with Gasteiger partial charge in [0.2, 0.25) is 0 Å². The van der Waals surface area contributed by atoms with Gasteiger partial charge < -0.3 is 14.4 Å².